The molecule has 20 heavy (non-hydrogen) atoms. The topological polar surface area (TPSA) is 78.4 Å². The van der Waals surface area contributed by atoms with Crippen molar-refractivity contribution >= 4 is 17.4 Å². The van der Waals surface area contributed by atoms with Gasteiger partial charge < -0.3 is 9.15 Å². The van der Waals surface area contributed by atoms with Crippen LogP contribution in [0.5, 0.6) is 5.75 Å². The lowest BCUT2D eigenvalue weighted by Crippen LogP contribution is -1.97. The van der Waals surface area contributed by atoms with Gasteiger partial charge in [0, 0.05) is 17.0 Å². The van der Waals surface area contributed by atoms with Gasteiger partial charge in [-0.1, -0.05) is 0 Å². The third-order valence-electron chi connectivity index (χ3n) is 2.64. The summed E-state index contributed by atoms with van der Waals surface area (Å²) in [6.07, 6.45) is 0. The number of aryl methyl sites for hydroxylation is 2. The molecule has 2 rings (SSSR count). The fourth-order valence-electron chi connectivity index (χ4n) is 1.57. The van der Waals surface area contributed by atoms with E-state index in [0.29, 0.717) is 11.8 Å². The van der Waals surface area contributed by atoms with Crippen molar-refractivity contribution < 1.29 is 14.1 Å². The number of nitro groups is 1. The molecule has 0 saturated carbocycles. The number of nitrogens with zero attached hydrogens (tertiary/aromatic N) is 2. The molecule has 106 valence electrons. The first kappa shape index (κ1) is 14.4. The van der Waals surface area contributed by atoms with Gasteiger partial charge in [0.05, 0.1) is 17.2 Å². The van der Waals surface area contributed by atoms with Crippen molar-refractivity contribution in [2.45, 2.75) is 30.9 Å². The maximum absolute atomic E-state index is 10.9. The molecule has 0 aliphatic carbocycles. The Morgan fingerprint density at radius 3 is 2.75 bits per heavy atom. The lowest BCUT2D eigenvalue weighted by atomic mass is 10.3. The van der Waals surface area contributed by atoms with Gasteiger partial charge in [-0.05, 0) is 38.6 Å². The predicted octanol–water partition coefficient (Wildman–Crippen LogP) is 3.75. The van der Waals surface area contributed by atoms with E-state index >= 15 is 0 Å². The van der Waals surface area contributed by atoms with Crippen molar-refractivity contribution in [1.29, 1.82) is 0 Å². The van der Waals surface area contributed by atoms with Crippen LogP contribution in [0.4, 0.5) is 5.69 Å². The van der Waals surface area contributed by atoms with Crippen molar-refractivity contribution in [1.82, 2.24) is 4.98 Å². The molecule has 1 aromatic carbocycles. The van der Waals surface area contributed by atoms with Crippen molar-refractivity contribution in [3.05, 3.63) is 39.8 Å². The molecule has 0 atom stereocenters. The predicted molar refractivity (Wildman–Crippen MR) is 74.4 cm³/mol. The Labute approximate surface area is 120 Å². The Kier molecular flexibility index (Phi) is 4.29. The molecule has 0 N–H and O–H groups in total. The average molecular weight is 294 g/mol. The normalized spacial score (nSPS) is 10.6. The fraction of sp³-hybridized carbons (Fsp3) is 0.308. The molecular weight excluding hydrogens is 280 g/mol. The molecule has 0 bridgehead atoms. The first-order valence-electron chi connectivity index (χ1n) is 6.04. The Bertz CT molecular complexity index is 620. The Balaban J connectivity index is 2.28. The van der Waals surface area contributed by atoms with Crippen molar-refractivity contribution in [2.75, 3.05) is 6.61 Å². The molecule has 6 nitrogen and oxygen atoms in total. The zero-order valence-corrected chi connectivity index (χ0v) is 12.2. The Hall–Kier alpha value is -2.02. The molecule has 0 saturated heterocycles. The summed E-state index contributed by atoms with van der Waals surface area (Å²) in [6.45, 7) is 5.86. The van der Waals surface area contributed by atoms with Gasteiger partial charge in [0.15, 0.2) is 5.75 Å². The quantitative estimate of drug-likeness (QED) is 0.617. The van der Waals surface area contributed by atoms with E-state index in [0.717, 1.165) is 16.3 Å². The van der Waals surface area contributed by atoms with Gasteiger partial charge in [-0.15, -0.1) is 0 Å². The molecule has 0 radical (unpaired) electrons. The second-order valence-electron chi connectivity index (χ2n) is 4.04. The highest BCUT2D eigenvalue weighted by Crippen LogP contribution is 2.35. The lowest BCUT2D eigenvalue weighted by Gasteiger charge is -2.05. The monoisotopic (exact) mass is 294 g/mol. The second kappa shape index (κ2) is 5.96. The van der Waals surface area contributed by atoms with E-state index in [1.54, 1.807) is 19.1 Å². The van der Waals surface area contributed by atoms with E-state index in [4.69, 9.17) is 9.15 Å². The number of rotatable bonds is 5. The van der Waals surface area contributed by atoms with Crippen LogP contribution in [0.15, 0.2) is 32.7 Å². The van der Waals surface area contributed by atoms with E-state index in [1.165, 1.54) is 17.8 Å². The summed E-state index contributed by atoms with van der Waals surface area (Å²) in [5.74, 6) is 1.02. The number of ether oxygens (including phenoxy) is 1. The van der Waals surface area contributed by atoms with Crippen molar-refractivity contribution in [3.63, 3.8) is 0 Å². The molecule has 0 aliphatic heterocycles. The largest absolute Gasteiger partial charge is 0.487 e. The molecule has 1 heterocycles. The zero-order chi connectivity index (χ0) is 14.7. The van der Waals surface area contributed by atoms with Crippen molar-refractivity contribution in [3.8, 4) is 5.75 Å². The van der Waals surface area contributed by atoms with Crippen LogP contribution in [-0.2, 0) is 0 Å². The SMILES string of the molecule is CCOc1cc(Sc2nc(C)c(C)o2)ccc1[N+](=O)[O-]. The van der Waals surface area contributed by atoms with Crippen LogP contribution in [0.25, 0.3) is 0 Å². The Morgan fingerprint density at radius 2 is 2.20 bits per heavy atom. The first-order chi connectivity index (χ1) is 9.51. The maximum atomic E-state index is 10.9. The summed E-state index contributed by atoms with van der Waals surface area (Å²) >= 11 is 1.30. The average Bonchev–Trinajstić information content (AvgIpc) is 2.68. The number of hydrogen-bond donors (Lipinski definition) is 0. The molecule has 1 aromatic heterocycles. The van der Waals surface area contributed by atoms with Crippen LogP contribution in [0.2, 0.25) is 0 Å². The zero-order valence-electron chi connectivity index (χ0n) is 11.4. The van der Waals surface area contributed by atoms with E-state index in [2.05, 4.69) is 4.98 Å². The molecule has 0 amide bonds. The molecular formula is C13H14N2O4S. The Morgan fingerprint density at radius 1 is 1.45 bits per heavy atom. The van der Waals surface area contributed by atoms with Gasteiger partial charge in [0.25, 0.3) is 5.22 Å². The molecule has 2 aromatic rings. The summed E-state index contributed by atoms with van der Waals surface area (Å²) in [7, 11) is 0. The number of hydrogen-bond acceptors (Lipinski definition) is 6. The van der Waals surface area contributed by atoms with E-state index in [9.17, 15) is 10.1 Å². The van der Waals surface area contributed by atoms with Crippen LogP contribution in [-0.4, -0.2) is 16.5 Å². The van der Waals surface area contributed by atoms with Crippen molar-refractivity contribution in [2.24, 2.45) is 0 Å². The third kappa shape index (κ3) is 3.11. The minimum Gasteiger partial charge on any atom is -0.487 e. The number of benzene rings is 1. The highest BCUT2D eigenvalue weighted by molar-refractivity contribution is 7.99. The standard InChI is InChI=1S/C13H14N2O4S/c1-4-18-12-7-10(5-6-11(12)15(16)17)20-13-14-8(2)9(3)19-13/h5-7H,4H2,1-3H3. The van der Waals surface area contributed by atoms with E-state index < -0.39 is 4.92 Å². The number of nitro benzene ring substituents is 1. The molecule has 0 unspecified atom stereocenters. The van der Waals surface area contributed by atoms with Gasteiger partial charge >= 0.3 is 5.69 Å². The summed E-state index contributed by atoms with van der Waals surface area (Å²) in [5, 5.41) is 11.4. The first-order valence-corrected chi connectivity index (χ1v) is 6.86. The van der Waals surface area contributed by atoms with Crippen LogP contribution in [0.1, 0.15) is 18.4 Å². The van der Waals surface area contributed by atoms with Gasteiger partial charge in [-0.25, -0.2) is 4.98 Å². The molecule has 0 aliphatic rings. The van der Waals surface area contributed by atoms with E-state index in [1.807, 2.05) is 13.8 Å². The highest BCUT2D eigenvalue weighted by Gasteiger charge is 2.17. The maximum Gasteiger partial charge on any atom is 0.310 e. The molecule has 0 fully saturated rings. The minimum absolute atomic E-state index is 0.0454. The van der Waals surface area contributed by atoms with Gasteiger partial charge in [-0.2, -0.15) is 0 Å². The van der Waals surface area contributed by atoms with Crippen LogP contribution >= 0.6 is 11.8 Å². The smallest absolute Gasteiger partial charge is 0.310 e. The molecule has 0 spiro atoms. The third-order valence-corrected chi connectivity index (χ3v) is 3.48. The fourth-order valence-corrected chi connectivity index (χ4v) is 2.42. The van der Waals surface area contributed by atoms with Crippen LogP contribution in [0, 0.1) is 24.0 Å². The van der Waals surface area contributed by atoms with E-state index in [-0.39, 0.29) is 11.4 Å². The lowest BCUT2D eigenvalue weighted by molar-refractivity contribution is -0.385. The second-order valence-corrected chi connectivity index (χ2v) is 5.07. The summed E-state index contributed by atoms with van der Waals surface area (Å²) in [4.78, 5) is 15.5. The number of oxazole rings is 1. The van der Waals surface area contributed by atoms with Crippen LogP contribution in [0.3, 0.4) is 0 Å². The van der Waals surface area contributed by atoms with Gasteiger partial charge in [-0.3, -0.25) is 10.1 Å². The highest BCUT2D eigenvalue weighted by atomic mass is 32.2. The summed E-state index contributed by atoms with van der Waals surface area (Å²) in [5.41, 5.74) is 0.787. The van der Waals surface area contributed by atoms with Crippen LogP contribution < -0.4 is 4.74 Å². The van der Waals surface area contributed by atoms with Gasteiger partial charge in [0.1, 0.15) is 5.76 Å². The minimum atomic E-state index is -0.459. The summed E-state index contributed by atoms with van der Waals surface area (Å²) in [6, 6.07) is 4.71. The number of aromatic nitrogens is 1. The van der Waals surface area contributed by atoms with Gasteiger partial charge in [0.2, 0.25) is 0 Å². The molecule has 7 heteroatoms. The summed E-state index contributed by atoms with van der Waals surface area (Å²) < 4.78 is 10.8.